The molecule has 0 spiro atoms. The molecule has 0 aromatic carbocycles. The van der Waals surface area contributed by atoms with Crippen LogP contribution in [0.4, 0.5) is 0 Å². The smallest absolute Gasteiger partial charge is 0.237 e. The van der Waals surface area contributed by atoms with Gasteiger partial charge in [0, 0.05) is 6.42 Å². The van der Waals surface area contributed by atoms with E-state index in [0.717, 1.165) is 0 Å². The fourth-order valence-electron chi connectivity index (χ4n) is 1.37. The van der Waals surface area contributed by atoms with Crippen LogP contribution in [-0.4, -0.2) is 30.2 Å². The molecule has 2 atom stereocenters. The molecule has 2 amide bonds. The quantitative estimate of drug-likeness (QED) is 0.489. The van der Waals surface area contributed by atoms with E-state index >= 15 is 0 Å². The molecule has 17 heavy (non-hydrogen) atoms. The van der Waals surface area contributed by atoms with E-state index in [1.165, 1.54) is 0 Å². The van der Waals surface area contributed by atoms with Crippen LogP contribution in [0.25, 0.3) is 0 Å². The fourth-order valence-corrected chi connectivity index (χ4v) is 1.37. The molecule has 0 aromatic rings. The lowest BCUT2D eigenvalue weighted by Crippen LogP contribution is -2.46. The molecule has 0 aliphatic carbocycles. The summed E-state index contributed by atoms with van der Waals surface area (Å²) in [6.45, 7) is 3.91. The number of carbonyl (C=O) groups is 3. The van der Waals surface area contributed by atoms with Crippen LogP contribution in [0.2, 0.25) is 0 Å². The Balaban J connectivity index is 4.12. The first kappa shape index (κ1) is 15.6. The summed E-state index contributed by atoms with van der Waals surface area (Å²) in [5.41, 5.74) is 10.5. The maximum absolute atomic E-state index is 11.6. The summed E-state index contributed by atoms with van der Waals surface area (Å²) in [7, 11) is 0. The number of aldehydes is 1. The predicted molar refractivity (Wildman–Crippen MR) is 63.9 cm³/mol. The lowest BCUT2D eigenvalue weighted by molar-refractivity contribution is -0.125. The van der Waals surface area contributed by atoms with E-state index in [9.17, 15) is 14.4 Å². The molecule has 0 aromatic heterocycles. The van der Waals surface area contributed by atoms with Crippen molar-refractivity contribution >= 4 is 18.1 Å². The van der Waals surface area contributed by atoms with Gasteiger partial charge in [0.05, 0.1) is 12.1 Å². The van der Waals surface area contributed by atoms with E-state index in [4.69, 9.17) is 11.5 Å². The van der Waals surface area contributed by atoms with Gasteiger partial charge in [0.25, 0.3) is 0 Å². The molecule has 98 valence electrons. The highest BCUT2D eigenvalue weighted by Crippen LogP contribution is 2.03. The van der Waals surface area contributed by atoms with Crippen molar-refractivity contribution in [3.63, 3.8) is 0 Å². The van der Waals surface area contributed by atoms with Crippen molar-refractivity contribution in [3.8, 4) is 0 Å². The maximum atomic E-state index is 11.6. The number of hydrogen-bond donors (Lipinski definition) is 3. The zero-order chi connectivity index (χ0) is 13.4. The molecular formula is C11H21N3O3. The van der Waals surface area contributed by atoms with Gasteiger partial charge in [-0.05, 0) is 18.8 Å². The summed E-state index contributed by atoms with van der Waals surface area (Å²) in [5, 5.41) is 2.54. The first-order chi connectivity index (χ1) is 7.86. The summed E-state index contributed by atoms with van der Waals surface area (Å²) < 4.78 is 0. The van der Waals surface area contributed by atoms with E-state index in [2.05, 4.69) is 5.32 Å². The number of hydrogen-bond acceptors (Lipinski definition) is 4. The van der Waals surface area contributed by atoms with Crippen molar-refractivity contribution in [1.82, 2.24) is 5.32 Å². The minimum absolute atomic E-state index is 0.0600. The minimum Gasteiger partial charge on any atom is -0.370 e. The molecule has 0 aliphatic heterocycles. The van der Waals surface area contributed by atoms with Crippen LogP contribution in [0.15, 0.2) is 0 Å². The Hall–Kier alpha value is -1.43. The summed E-state index contributed by atoms with van der Waals surface area (Å²) in [6.07, 6.45) is 1.51. The molecule has 0 heterocycles. The third-order valence-corrected chi connectivity index (χ3v) is 2.26. The third-order valence-electron chi connectivity index (χ3n) is 2.26. The van der Waals surface area contributed by atoms with Gasteiger partial charge in [-0.3, -0.25) is 9.59 Å². The van der Waals surface area contributed by atoms with Crippen LogP contribution in [-0.2, 0) is 14.4 Å². The van der Waals surface area contributed by atoms with Crippen LogP contribution in [0.1, 0.15) is 33.1 Å². The molecule has 0 rings (SSSR count). The molecule has 6 nitrogen and oxygen atoms in total. The van der Waals surface area contributed by atoms with Crippen LogP contribution < -0.4 is 16.8 Å². The average Bonchev–Trinajstić information content (AvgIpc) is 2.23. The number of nitrogens with one attached hydrogen (secondary N) is 1. The molecule has 5 N–H and O–H groups in total. The Labute approximate surface area is 101 Å². The van der Waals surface area contributed by atoms with Gasteiger partial charge in [-0.2, -0.15) is 0 Å². The van der Waals surface area contributed by atoms with Crippen molar-refractivity contribution in [1.29, 1.82) is 0 Å². The zero-order valence-corrected chi connectivity index (χ0v) is 10.3. The number of carbonyl (C=O) groups excluding carboxylic acids is 3. The van der Waals surface area contributed by atoms with Crippen molar-refractivity contribution in [2.75, 3.05) is 0 Å². The van der Waals surface area contributed by atoms with E-state index in [1.807, 2.05) is 13.8 Å². The van der Waals surface area contributed by atoms with Crippen LogP contribution in [0, 0.1) is 5.92 Å². The maximum Gasteiger partial charge on any atom is 0.237 e. The Morgan fingerprint density at radius 1 is 1.35 bits per heavy atom. The SMILES string of the molecule is CC(C)C[C@@H](C=O)NC(=O)[C@@H](N)CCC(N)=O. The number of rotatable bonds is 8. The molecule has 0 radical (unpaired) electrons. The Kier molecular flexibility index (Phi) is 7.13. The van der Waals surface area contributed by atoms with Crippen LogP contribution in [0.5, 0.6) is 0 Å². The number of primary amides is 1. The van der Waals surface area contributed by atoms with Crippen molar-refractivity contribution in [3.05, 3.63) is 0 Å². The van der Waals surface area contributed by atoms with Gasteiger partial charge >= 0.3 is 0 Å². The molecule has 0 saturated carbocycles. The second-order valence-electron chi connectivity index (χ2n) is 4.49. The zero-order valence-electron chi connectivity index (χ0n) is 10.3. The highest BCUT2D eigenvalue weighted by molar-refractivity contribution is 5.85. The van der Waals surface area contributed by atoms with E-state index in [0.29, 0.717) is 18.6 Å². The molecule has 0 saturated heterocycles. The second kappa shape index (κ2) is 7.78. The lowest BCUT2D eigenvalue weighted by atomic mass is 10.0. The Morgan fingerprint density at radius 2 is 1.94 bits per heavy atom. The van der Waals surface area contributed by atoms with Crippen molar-refractivity contribution in [2.24, 2.45) is 17.4 Å². The summed E-state index contributed by atoms with van der Waals surface area (Å²) in [6, 6.07) is -1.33. The number of nitrogens with two attached hydrogens (primary N) is 2. The third kappa shape index (κ3) is 7.46. The monoisotopic (exact) mass is 243 g/mol. The first-order valence-electron chi connectivity index (χ1n) is 5.66. The normalized spacial score (nSPS) is 14.1. The summed E-state index contributed by atoms with van der Waals surface area (Å²) in [5.74, 6) is -0.626. The van der Waals surface area contributed by atoms with Crippen molar-refractivity contribution < 1.29 is 14.4 Å². The molecular weight excluding hydrogens is 222 g/mol. The second-order valence-corrected chi connectivity index (χ2v) is 4.49. The highest BCUT2D eigenvalue weighted by atomic mass is 16.2. The molecule has 0 aliphatic rings. The van der Waals surface area contributed by atoms with Crippen LogP contribution in [0.3, 0.4) is 0 Å². The van der Waals surface area contributed by atoms with E-state index < -0.39 is 23.9 Å². The predicted octanol–water partition coefficient (Wildman–Crippen LogP) is -0.691. The van der Waals surface area contributed by atoms with Gasteiger partial charge in [0.1, 0.15) is 6.29 Å². The average molecular weight is 243 g/mol. The van der Waals surface area contributed by atoms with E-state index in [1.54, 1.807) is 0 Å². The largest absolute Gasteiger partial charge is 0.370 e. The van der Waals surface area contributed by atoms with Crippen molar-refractivity contribution in [2.45, 2.75) is 45.2 Å². The minimum atomic E-state index is -0.808. The topological polar surface area (TPSA) is 115 Å². The van der Waals surface area contributed by atoms with Gasteiger partial charge < -0.3 is 21.6 Å². The van der Waals surface area contributed by atoms with E-state index in [-0.39, 0.29) is 12.8 Å². The fraction of sp³-hybridized carbons (Fsp3) is 0.727. The molecule has 6 heteroatoms. The molecule has 0 unspecified atom stereocenters. The number of amides is 2. The summed E-state index contributed by atoms with van der Waals surface area (Å²) >= 11 is 0. The van der Waals surface area contributed by atoms with Gasteiger partial charge in [0.2, 0.25) is 11.8 Å². The van der Waals surface area contributed by atoms with Gasteiger partial charge in [-0.1, -0.05) is 13.8 Å². The molecule has 0 fully saturated rings. The standard InChI is InChI=1S/C11H21N3O3/c1-7(2)5-8(6-15)14-11(17)9(12)3-4-10(13)16/h6-9H,3-5,12H2,1-2H3,(H2,13,16)(H,14,17)/t8-,9-/m0/s1. The van der Waals surface area contributed by atoms with Crippen LogP contribution >= 0.6 is 0 Å². The van der Waals surface area contributed by atoms with Gasteiger partial charge in [-0.15, -0.1) is 0 Å². The lowest BCUT2D eigenvalue weighted by Gasteiger charge is -2.17. The Morgan fingerprint density at radius 3 is 2.35 bits per heavy atom. The summed E-state index contributed by atoms with van der Waals surface area (Å²) in [4.78, 5) is 32.8. The van der Waals surface area contributed by atoms with Gasteiger partial charge in [-0.25, -0.2) is 0 Å². The Bertz CT molecular complexity index is 279. The molecule has 0 bridgehead atoms. The highest BCUT2D eigenvalue weighted by Gasteiger charge is 2.18. The first-order valence-corrected chi connectivity index (χ1v) is 5.66. The van der Waals surface area contributed by atoms with Gasteiger partial charge in [0.15, 0.2) is 0 Å².